The van der Waals surface area contributed by atoms with Crippen molar-refractivity contribution in [3.63, 3.8) is 0 Å². The van der Waals surface area contributed by atoms with Gasteiger partial charge in [-0.25, -0.2) is 4.79 Å². The Labute approximate surface area is 117 Å². The second kappa shape index (κ2) is 6.10. The Morgan fingerprint density at radius 1 is 1.20 bits per heavy atom. The first-order chi connectivity index (χ1) is 9.61. The number of para-hydroxylation sites is 1. The van der Waals surface area contributed by atoms with Crippen molar-refractivity contribution in [2.24, 2.45) is 0 Å². The number of rotatable bonds is 5. The number of hydrogen-bond acceptors (Lipinski definition) is 3. The maximum atomic E-state index is 11.3. The second-order valence-corrected chi connectivity index (χ2v) is 4.38. The largest absolute Gasteiger partial charge is 0.497 e. The van der Waals surface area contributed by atoms with Crippen LogP contribution in [0.3, 0.4) is 0 Å². The number of hydrogen-bond donors (Lipinski definition) is 1. The summed E-state index contributed by atoms with van der Waals surface area (Å²) in [5, 5.41) is 9.23. The summed E-state index contributed by atoms with van der Waals surface area (Å²) in [6, 6.07) is 12.6. The van der Waals surface area contributed by atoms with Crippen LogP contribution >= 0.6 is 0 Å². The van der Waals surface area contributed by atoms with E-state index in [1.54, 1.807) is 12.1 Å². The maximum Gasteiger partial charge on any atom is 0.336 e. The van der Waals surface area contributed by atoms with Gasteiger partial charge in [0.25, 0.3) is 0 Å². The van der Waals surface area contributed by atoms with E-state index >= 15 is 0 Å². The first-order valence-corrected chi connectivity index (χ1v) is 6.20. The van der Waals surface area contributed by atoms with E-state index in [0.29, 0.717) is 11.3 Å². The van der Waals surface area contributed by atoms with Gasteiger partial charge < -0.3 is 14.6 Å². The highest BCUT2D eigenvalue weighted by atomic mass is 16.5. The van der Waals surface area contributed by atoms with Crippen LogP contribution in [0.5, 0.6) is 11.5 Å². The lowest BCUT2D eigenvalue weighted by molar-refractivity contribution is 0.0693. The molecule has 0 fully saturated rings. The number of benzene rings is 2. The highest BCUT2D eigenvalue weighted by molar-refractivity contribution is 5.89. The van der Waals surface area contributed by atoms with Crippen molar-refractivity contribution in [2.75, 3.05) is 7.11 Å². The van der Waals surface area contributed by atoms with Crippen LogP contribution in [0.2, 0.25) is 0 Å². The van der Waals surface area contributed by atoms with E-state index in [0.717, 1.165) is 11.3 Å². The van der Waals surface area contributed by atoms with Crippen LogP contribution in [0, 0.1) is 6.92 Å². The lowest BCUT2D eigenvalue weighted by Gasteiger charge is -2.11. The van der Waals surface area contributed by atoms with E-state index in [1.807, 2.05) is 31.2 Å². The Morgan fingerprint density at radius 2 is 1.95 bits per heavy atom. The second-order valence-electron chi connectivity index (χ2n) is 4.38. The number of aryl methyl sites for hydroxylation is 1. The molecule has 0 aromatic heterocycles. The molecule has 0 heterocycles. The zero-order chi connectivity index (χ0) is 14.5. The fraction of sp³-hybridized carbons (Fsp3) is 0.188. The summed E-state index contributed by atoms with van der Waals surface area (Å²) >= 11 is 0. The molecule has 0 atom stereocenters. The fourth-order valence-electron chi connectivity index (χ4n) is 1.88. The Bertz CT molecular complexity index is 620. The van der Waals surface area contributed by atoms with Crippen LogP contribution in [0.25, 0.3) is 0 Å². The average molecular weight is 272 g/mol. The van der Waals surface area contributed by atoms with Crippen molar-refractivity contribution in [1.29, 1.82) is 0 Å². The van der Waals surface area contributed by atoms with Gasteiger partial charge in [-0.1, -0.05) is 24.3 Å². The quantitative estimate of drug-likeness (QED) is 0.907. The van der Waals surface area contributed by atoms with Crippen LogP contribution in [-0.2, 0) is 6.61 Å². The van der Waals surface area contributed by atoms with Crippen LogP contribution in [0.15, 0.2) is 42.5 Å². The first-order valence-electron chi connectivity index (χ1n) is 6.20. The zero-order valence-electron chi connectivity index (χ0n) is 11.4. The molecule has 0 amide bonds. The Kier molecular flexibility index (Phi) is 4.25. The van der Waals surface area contributed by atoms with Crippen molar-refractivity contribution in [3.05, 3.63) is 59.2 Å². The third-order valence-electron chi connectivity index (χ3n) is 3.02. The van der Waals surface area contributed by atoms with Crippen molar-refractivity contribution in [3.8, 4) is 11.5 Å². The van der Waals surface area contributed by atoms with Crippen LogP contribution in [-0.4, -0.2) is 18.2 Å². The van der Waals surface area contributed by atoms with Gasteiger partial charge in [-0.2, -0.15) is 0 Å². The van der Waals surface area contributed by atoms with E-state index in [1.165, 1.54) is 13.2 Å². The van der Waals surface area contributed by atoms with Crippen LogP contribution in [0.1, 0.15) is 21.5 Å². The fourth-order valence-corrected chi connectivity index (χ4v) is 1.88. The molecule has 0 saturated heterocycles. The molecule has 0 aliphatic heterocycles. The van der Waals surface area contributed by atoms with Gasteiger partial charge >= 0.3 is 5.97 Å². The predicted molar refractivity (Wildman–Crippen MR) is 75.5 cm³/mol. The summed E-state index contributed by atoms with van der Waals surface area (Å²) in [6.45, 7) is 2.15. The summed E-state index contributed by atoms with van der Waals surface area (Å²) in [5.74, 6) is 0.272. The van der Waals surface area contributed by atoms with Crippen molar-refractivity contribution in [2.45, 2.75) is 13.5 Å². The molecule has 0 unspecified atom stereocenters. The average Bonchev–Trinajstić information content (AvgIpc) is 2.46. The van der Waals surface area contributed by atoms with E-state index in [2.05, 4.69) is 0 Å². The monoisotopic (exact) mass is 272 g/mol. The number of ether oxygens (including phenoxy) is 2. The molecule has 0 aliphatic rings. The van der Waals surface area contributed by atoms with E-state index in [4.69, 9.17) is 9.47 Å². The van der Waals surface area contributed by atoms with Crippen LogP contribution < -0.4 is 9.47 Å². The predicted octanol–water partition coefficient (Wildman–Crippen LogP) is 3.28. The molecule has 20 heavy (non-hydrogen) atoms. The number of carbonyl (C=O) groups is 1. The van der Waals surface area contributed by atoms with Gasteiger partial charge in [0, 0.05) is 5.56 Å². The molecular formula is C16H16O4. The molecule has 0 radical (unpaired) electrons. The van der Waals surface area contributed by atoms with Gasteiger partial charge in [-0.05, 0) is 30.7 Å². The summed E-state index contributed by atoms with van der Waals surface area (Å²) in [7, 11) is 1.50. The smallest absolute Gasteiger partial charge is 0.336 e. The highest BCUT2D eigenvalue weighted by Gasteiger charge is 2.12. The third kappa shape index (κ3) is 3.09. The summed E-state index contributed by atoms with van der Waals surface area (Å²) < 4.78 is 10.7. The number of aromatic carboxylic acids is 1. The Hall–Kier alpha value is -2.49. The third-order valence-corrected chi connectivity index (χ3v) is 3.02. The van der Waals surface area contributed by atoms with Crippen molar-refractivity contribution < 1.29 is 19.4 Å². The summed E-state index contributed by atoms with van der Waals surface area (Å²) in [5.41, 5.74) is 1.82. The Balaban J connectivity index is 2.21. The molecular weight excluding hydrogens is 256 g/mol. The molecule has 104 valence electrons. The van der Waals surface area contributed by atoms with Gasteiger partial charge in [0.15, 0.2) is 0 Å². The van der Waals surface area contributed by atoms with E-state index < -0.39 is 5.97 Å². The SMILES string of the molecule is COc1ccc(COc2ccccc2C)c(C(=O)O)c1. The van der Waals surface area contributed by atoms with Crippen molar-refractivity contribution >= 4 is 5.97 Å². The summed E-state index contributed by atoms with van der Waals surface area (Å²) in [6.07, 6.45) is 0. The highest BCUT2D eigenvalue weighted by Crippen LogP contribution is 2.22. The molecule has 0 saturated carbocycles. The van der Waals surface area contributed by atoms with Crippen molar-refractivity contribution in [1.82, 2.24) is 0 Å². The molecule has 4 nitrogen and oxygen atoms in total. The molecule has 2 aromatic carbocycles. The maximum absolute atomic E-state index is 11.3. The minimum absolute atomic E-state index is 0.193. The molecule has 2 aromatic rings. The van der Waals surface area contributed by atoms with E-state index in [-0.39, 0.29) is 12.2 Å². The molecule has 1 N–H and O–H groups in total. The summed E-state index contributed by atoms with van der Waals surface area (Å²) in [4.78, 5) is 11.3. The van der Waals surface area contributed by atoms with Crippen LogP contribution in [0.4, 0.5) is 0 Å². The lowest BCUT2D eigenvalue weighted by atomic mass is 10.1. The van der Waals surface area contributed by atoms with Gasteiger partial charge in [0.05, 0.1) is 12.7 Å². The molecule has 0 aliphatic carbocycles. The van der Waals surface area contributed by atoms with Gasteiger partial charge in [0.1, 0.15) is 18.1 Å². The van der Waals surface area contributed by atoms with E-state index in [9.17, 15) is 9.90 Å². The minimum atomic E-state index is -0.993. The lowest BCUT2D eigenvalue weighted by Crippen LogP contribution is -2.06. The Morgan fingerprint density at radius 3 is 2.60 bits per heavy atom. The zero-order valence-corrected chi connectivity index (χ0v) is 11.4. The topological polar surface area (TPSA) is 55.8 Å². The van der Waals surface area contributed by atoms with Gasteiger partial charge in [-0.15, -0.1) is 0 Å². The normalized spacial score (nSPS) is 10.1. The van der Waals surface area contributed by atoms with Gasteiger partial charge in [-0.3, -0.25) is 0 Å². The molecule has 0 spiro atoms. The first kappa shape index (κ1) is 13.9. The number of carboxylic acids is 1. The standard InChI is InChI=1S/C16H16O4/c1-11-5-3-4-6-15(11)20-10-12-7-8-13(19-2)9-14(12)16(17)18/h3-9H,10H2,1-2H3,(H,17,18). The molecule has 4 heteroatoms. The molecule has 2 rings (SSSR count). The number of carboxylic acid groups (broad SMARTS) is 1. The number of methoxy groups -OCH3 is 1. The van der Waals surface area contributed by atoms with Gasteiger partial charge in [0.2, 0.25) is 0 Å². The minimum Gasteiger partial charge on any atom is -0.497 e. The molecule has 0 bridgehead atoms.